The zero-order chi connectivity index (χ0) is 19.5. The zero-order valence-corrected chi connectivity index (χ0v) is 17.0. The van der Waals surface area contributed by atoms with Crippen LogP contribution < -0.4 is 10.2 Å². The molecule has 0 bridgehead atoms. The van der Waals surface area contributed by atoms with Crippen molar-refractivity contribution >= 4 is 11.6 Å². The number of likely N-dealkylation sites (N-methyl/N-ethyl adjacent to an activating group) is 1. The molecule has 0 radical (unpaired) electrons. The summed E-state index contributed by atoms with van der Waals surface area (Å²) in [6.07, 6.45) is 1.82. The van der Waals surface area contributed by atoms with Gasteiger partial charge < -0.3 is 19.9 Å². The van der Waals surface area contributed by atoms with Crippen LogP contribution in [0.3, 0.4) is 0 Å². The van der Waals surface area contributed by atoms with Gasteiger partial charge in [-0.15, -0.1) is 0 Å². The summed E-state index contributed by atoms with van der Waals surface area (Å²) in [4.78, 5) is 16.2. The summed E-state index contributed by atoms with van der Waals surface area (Å²) < 4.78 is 5.79. The van der Waals surface area contributed by atoms with Crippen molar-refractivity contribution < 1.29 is 4.74 Å². The molecule has 2 aliphatic heterocycles. The highest BCUT2D eigenvalue weighted by Gasteiger charge is 2.34. The second-order valence-corrected chi connectivity index (χ2v) is 7.90. The number of aromatic nitrogens is 2. The number of piperazine rings is 1. The molecule has 2 atom stereocenters. The van der Waals surface area contributed by atoms with Crippen LogP contribution in [0.4, 0.5) is 11.6 Å². The fourth-order valence-corrected chi connectivity index (χ4v) is 3.88. The van der Waals surface area contributed by atoms with E-state index in [0.29, 0.717) is 18.6 Å². The molecule has 2 aliphatic rings. The molecule has 1 N–H and O–H groups in total. The van der Waals surface area contributed by atoms with Gasteiger partial charge in [-0.2, -0.15) is 0 Å². The van der Waals surface area contributed by atoms with Crippen LogP contribution in [0.5, 0.6) is 0 Å². The van der Waals surface area contributed by atoms with Gasteiger partial charge in [-0.1, -0.05) is 12.1 Å². The van der Waals surface area contributed by atoms with Gasteiger partial charge in [0.15, 0.2) is 0 Å². The minimum absolute atomic E-state index is 0.217. The van der Waals surface area contributed by atoms with Crippen molar-refractivity contribution in [3.05, 3.63) is 36.5 Å². The quantitative estimate of drug-likeness (QED) is 0.844. The van der Waals surface area contributed by atoms with Crippen molar-refractivity contribution in [3.8, 4) is 11.3 Å². The summed E-state index contributed by atoms with van der Waals surface area (Å²) in [5.74, 6) is 0.670. The molecule has 1 aromatic carbocycles. The van der Waals surface area contributed by atoms with E-state index in [9.17, 15) is 0 Å². The molecule has 0 unspecified atom stereocenters. The largest absolute Gasteiger partial charge is 0.378 e. The number of rotatable bonds is 5. The Hall–Kier alpha value is -2.22. The Morgan fingerprint density at radius 2 is 1.79 bits per heavy atom. The molecule has 3 heterocycles. The van der Waals surface area contributed by atoms with E-state index in [4.69, 9.17) is 9.72 Å². The lowest BCUT2D eigenvalue weighted by Gasteiger charge is -2.38. The molecular weight excluding hydrogens is 352 g/mol. The molecule has 1 aromatic heterocycles. The van der Waals surface area contributed by atoms with Crippen LogP contribution in [0.1, 0.15) is 0 Å². The van der Waals surface area contributed by atoms with E-state index in [0.717, 1.165) is 44.0 Å². The average molecular weight is 383 g/mol. The number of ether oxygens (including phenoxy) is 1. The van der Waals surface area contributed by atoms with Crippen LogP contribution in [-0.2, 0) is 4.74 Å². The lowest BCUT2D eigenvalue weighted by molar-refractivity contribution is 0.0948. The molecule has 4 rings (SSSR count). The van der Waals surface area contributed by atoms with Gasteiger partial charge in [0.25, 0.3) is 0 Å². The first-order chi connectivity index (χ1) is 13.6. The summed E-state index contributed by atoms with van der Waals surface area (Å²) in [6.45, 7) is 5.86. The first kappa shape index (κ1) is 19.1. The Morgan fingerprint density at radius 3 is 2.50 bits per heavy atom. The minimum atomic E-state index is 0.217. The average Bonchev–Trinajstić information content (AvgIpc) is 3.17. The maximum Gasteiger partial charge on any atom is 0.223 e. The van der Waals surface area contributed by atoms with Crippen LogP contribution >= 0.6 is 0 Å². The molecule has 2 fully saturated rings. The van der Waals surface area contributed by atoms with Crippen molar-refractivity contribution in [2.75, 3.05) is 70.8 Å². The van der Waals surface area contributed by atoms with Gasteiger partial charge in [-0.05, 0) is 25.2 Å². The van der Waals surface area contributed by atoms with E-state index in [1.807, 2.05) is 26.4 Å². The third-order valence-corrected chi connectivity index (χ3v) is 5.71. The Balaban J connectivity index is 1.45. The second kappa shape index (κ2) is 8.43. The summed E-state index contributed by atoms with van der Waals surface area (Å²) in [6, 6.07) is 11.0. The lowest BCUT2D eigenvalue weighted by Crippen LogP contribution is -2.54. The first-order valence-corrected chi connectivity index (χ1v) is 9.98. The molecular formula is C21H30N6O. The Labute approximate surface area is 167 Å². The molecule has 0 aliphatic carbocycles. The van der Waals surface area contributed by atoms with Crippen molar-refractivity contribution in [1.29, 1.82) is 0 Å². The van der Waals surface area contributed by atoms with Crippen molar-refractivity contribution in [3.63, 3.8) is 0 Å². The van der Waals surface area contributed by atoms with E-state index in [1.54, 1.807) is 0 Å². The topological polar surface area (TPSA) is 56.8 Å². The van der Waals surface area contributed by atoms with Gasteiger partial charge >= 0.3 is 0 Å². The Bertz CT molecular complexity index is 773. The van der Waals surface area contributed by atoms with Gasteiger partial charge in [0.1, 0.15) is 0 Å². The summed E-state index contributed by atoms with van der Waals surface area (Å²) in [5.41, 5.74) is 3.20. The van der Waals surface area contributed by atoms with E-state index in [2.05, 4.69) is 56.3 Å². The van der Waals surface area contributed by atoms with E-state index < -0.39 is 0 Å². The Morgan fingerprint density at radius 1 is 1.04 bits per heavy atom. The molecule has 2 saturated heterocycles. The zero-order valence-electron chi connectivity index (χ0n) is 17.0. The van der Waals surface area contributed by atoms with Crippen LogP contribution in [0.2, 0.25) is 0 Å². The van der Waals surface area contributed by atoms with Gasteiger partial charge in [-0.25, -0.2) is 9.97 Å². The molecule has 150 valence electrons. The smallest absolute Gasteiger partial charge is 0.223 e. The highest BCUT2D eigenvalue weighted by atomic mass is 16.5. The third kappa shape index (κ3) is 4.27. The number of anilines is 2. The van der Waals surface area contributed by atoms with Gasteiger partial charge in [0.05, 0.1) is 31.0 Å². The molecule has 7 heteroatoms. The normalized spacial score (nSPS) is 23.7. The first-order valence-electron chi connectivity index (χ1n) is 9.98. The number of hydrogen-bond donors (Lipinski definition) is 1. The maximum atomic E-state index is 5.79. The summed E-state index contributed by atoms with van der Waals surface area (Å²) in [7, 11) is 6.27. The fraction of sp³-hybridized carbons (Fsp3) is 0.524. The fourth-order valence-electron chi connectivity index (χ4n) is 3.88. The van der Waals surface area contributed by atoms with Crippen molar-refractivity contribution in [2.24, 2.45) is 0 Å². The number of nitrogens with zero attached hydrogens (tertiary/aromatic N) is 5. The van der Waals surface area contributed by atoms with Crippen LogP contribution in [0.15, 0.2) is 36.5 Å². The van der Waals surface area contributed by atoms with Gasteiger partial charge in [-0.3, -0.25) is 4.90 Å². The minimum Gasteiger partial charge on any atom is -0.378 e. The van der Waals surface area contributed by atoms with Crippen LogP contribution in [-0.4, -0.2) is 92.4 Å². The Kier molecular flexibility index (Phi) is 5.75. The monoisotopic (exact) mass is 382 g/mol. The van der Waals surface area contributed by atoms with Gasteiger partial charge in [0, 0.05) is 57.7 Å². The number of nitrogens with one attached hydrogen (secondary N) is 1. The predicted molar refractivity (Wildman–Crippen MR) is 113 cm³/mol. The molecule has 0 saturated carbocycles. The van der Waals surface area contributed by atoms with Crippen molar-refractivity contribution in [1.82, 2.24) is 19.8 Å². The molecule has 0 amide bonds. The predicted octanol–water partition coefficient (Wildman–Crippen LogP) is 1.64. The SMILES string of the molecule is CN1CCN([C@H]2COC[C@@H]2Nc2nccc(-c3ccc(N(C)C)cc3)n2)CC1. The van der Waals surface area contributed by atoms with E-state index >= 15 is 0 Å². The molecule has 28 heavy (non-hydrogen) atoms. The lowest BCUT2D eigenvalue weighted by atomic mass is 10.1. The summed E-state index contributed by atoms with van der Waals surface area (Å²) in [5, 5.41) is 3.53. The summed E-state index contributed by atoms with van der Waals surface area (Å²) >= 11 is 0. The number of benzene rings is 1. The van der Waals surface area contributed by atoms with Crippen LogP contribution in [0.25, 0.3) is 11.3 Å². The molecule has 0 spiro atoms. The van der Waals surface area contributed by atoms with Crippen LogP contribution in [0, 0.1) is 0 Å². The maximum absolute atomic E-state index is 5.79. The number of hydrogen-bond acceptors (Lipinski definition) is 7. The second-order valence-electron chi connectivity index (χ2n) is 7.90. The third-order valence-electron chi connectivity index (χ3n) is 5.71. The molecule has 2 aromatic rings. The van der Waals surface area contributed by atoms with Gasteiger partial charge in [0.2, 0.25) is 5.95 Å². The highest BCUT2D eigenvalue weighted by molar-refractivity contribution is 5.63. The molecule has 7 nitrogen and oxygen atoms in total. The highest BCUT2D eigenvalue weighted by Crippen LogP contribution is 2.23. The van der Waals surface area contributed by atoms with E-state index in [1.165, 1.54) is 5.69 Å². The van der Waals surface area contributed by atoms with Crippen molar-refractivity contribution in [2.45, 2.75) is 12.1 Å². The standard InChI is InChI=1S/C21H30N6O/c1-25(2)17-6-4-16(5-7-17)18-8-9-22-21(23-18)24-19-14-28-15-20(19)27-12-10-26(3)11-13-27/h4-9,19-20H,10-15H2,1-3H3,(H,22,23,24)/t19-,20-/m0/s1. The van der Waals surface area contributed by atoms with E-state index in [-0.39, 0.29) is 6.04 Å².